The van der Waals surface area contributed by atoms with Gasteiger partial charge in [0.2, 0.25) is 0 Å². The lowest BCUT2D eigenvalue weighted by molar-refractivity contribution is -0.134. The third-order valence-electron chi connectivity index (χ3n) is 5.14. The van der Waals surface area contributed by atoms with Crippen LogP contribution in [0.2, 0.25) is 0 Å². The van der Waals surface area contributed by atoms with Gasteiger partial charge in [-0.15, -0.1) is 0 Å². The van der Waals surface area contributed by atoms with E-state index in [2.05, 4.69) is 10.6 Å². The molecule has 1 saturated heterocycles. The van der Waals surface area contributed by atoms with Crippen molar-refractivity contribution in [1.29, 1.82) is 0 Å². The molecule has 0 saturated carbocycles. The summed E-state index contributed by atoms with van der Waals surface area (Å²) in [5.74, 6) is 0.613. The predicted molar refractivity (Wildman–Crippen MR) is 117 cm³/mol. The first-order valence-electron chi connectivity index (χ1n) is 10.2. The van der Waals surface area contributed by atoms with E-state index in [-0.39, 0.29) is 30.4 Å². The van der Waals surface area contributed by atoms with Crippen molar-refractivity contribution >= 4 is 23.4 Å². The lowest BCUT2D eigenvalue weighted by Gasteiger charge is -2.32. The van der Waals surface area contributed by atoms with Gasteiger partial charge in [0, 0.05) is 30.4 Å². The number of nitrogens with zero attached hydrogens (tertiary/aromatic N) is 1. The van der Waals surface area contributed by atoms with Gasteiger partial charge in [0.15, 0.2) is 23.9 Å². The van der Waals surface area contributed by atoms with Gasteiger partial charge in [0.25, 0.3) is 5.91 Å². The van der Waals surface area contributed by atoms with Crippen LogP contribution in [0, 0.1) is 0 Å². The van der Waals surface area contributed by atoms with E-state index in [9.17, 15) is 14.4 Å². The van der Waals surface area contributed by atoms with Crippen LogP contribution in [0.15, 0.2) is 48.5 Å². The average molecular weight is 425 g/mol. The number of Topliss-reactive ketones (excluding diaryl/α,β-unsaturated/α-hetero) is 1. The third kappa shape index (κ3) is 6.21. The summed E-state index contributed by atoms with van der Waals surface area (Å²) in [7, 11) is 1.49. The van der Waals surface area contributed by atoms with Crippen LogP contribution in [0.3, 0.4) is 0 Å². The fraction of sp³-hybridized carbons (Fsp3) is 0.348. The van der Waals surface area contributed by atoms with Crippen molar-refractivity contribution in [1.82, 2.24) is 10.2 Å². The van der Waals surface area contributed by atoms with E-state index in [1.165, 1.54) is 14.0 Å². The number of amides is 3. The number of urea groups is 1. The highest BCUT2D eigenvalue weighted by Gasteiger charge is 2.24. The highest BCUT2D eigenvalue weighted by Crippen LogP contribution is 2.28. The van der Waals surface area contributed by atoms with Crippen molar-refractivity contribution in [2.45, 2.75) is 25.8 Å². The number of anilines is 1. The second-order valence-corrected chi connectivity index (χ2v) is 7.33. The number of ether oxygens (including phenoxy) is 2. The van der Waals surface area contributed by atoms with E-state index in [4.69, 9.17) is 9.47 Å². The minimum absolute atomic E-state index is 0.00731. The summed E-state index contributed by atoms with van der Waals surface area (Å²) in [6.45, 7) is 2.43. The van der Waals surface area contributed by atoms with Crippen molar-refractivity contribution in [3.63, 3.8) is 0 Å². The molecule has 1 fully saturated rings. The standard InChI is InChI=1S/C23H27N3O5/c1-16(27)17-8-9-20(21(14-17)30-2)31-15-22(28)26-12-10-19(11-13-26)25-23(29)24-18-6-4-3-5-7-18/h3-9,14,19H,10-13,15H2,1-2H3,(H2,24,25,29). The highest BCUT2D eigenvalue weighted by molar-refractivity contribution is 5.94. The Labute approximate surface area is 181 Å². The number of para-hydroxylation sites is 1. The molecule has 0 atom stereocenters. The van der Waals surface area contributed by atoms with Gasteiger partial charge in [-0.3, -0.25) is 9.59 Å². The number of methoxy groups -OCH3 is 1. The molecule has 3 amide bonds. The Balaban J connectivity index is 1.44. The first kappa shape index (κ1) is 22.1. The van der Waals surface area contributed by atoms with E-state index in [1.807, 2.05) is 30.3 Å². The SMILES string of the molecule is COc1cc(C(C)=O)ccc1OCC(=O)N1CCC(NC(=O)Nc2ccccc2)CC1. The fourth-order valence-corrected chi connectivity index (χ4v) is 3.38. The molecule has 0 unspecified atom stereocenters. The molecule has 8 nitrogen and oxygen atoms in total. The molecule has 0 radical (unpaired) electrons. The summed E-state index contributed by atoms with van der Waals surface area (Å²) < 4.78 is 10.9. The second-order valence-electron chi connectivity index (χ2n) is 7.33. The van der Waals surface area contributed by atoms with Crippen LogP contribution < -0.4 is 20.1 Å². The number of rotatable bonds is 7. The maximum absolute atomic E-state index is 12.5. The van der Waals surface area contributed by atoms with Crippen LogP contribution in [-0.2, 0) is 4.79 Å². The number of likely N-dealkylation sites (tertiary alicyclic amines) is 1. The Bertz CT molecular complexity index is 924. The normalized spacial score (nSPS) is 13.9. The Morgan fingerprint density at radius 1 is 1.03 bits per heavy atom. The average Bonchev–Trinajstić information content (AvgIpc) is 2.78. The quantitative estimate of drug-likeness (QED) is 0.665. The van der Waals surface area contributed by atoms with E-state index in [0.717, 1.165) is 5.69 Å². The lowest BCUT2D eigenvalue weighted by Crippen LogP contribution is -2.48. The monoisotopic (exact) mass is 425 g/mol. The zero-order chi connectivity index (χ0) is 22.2. The smallest absolute Gasteiger partial charge is 0.319 e. The minimum atomic E-state index is -0.250. The van der Waals surface area contributed by atoms with Gasteiger partial charge in [-0.05, 0) is 50.1 Å². The molecule has 0 aliphatic carbocycles. The number of carbonyl (C=O) groups excluding carboxylic acids is 3. The van der Waals surface area contributed by atoms with Crippen molar-refractivity contribution in [2.75, 3.05) is 32.1 Å². The number of ketones is 1. The third-order valence-corrected chi connectivity index (χ3v) is 5.14. The Hall–Kier alpha value is -3.55. The van der Waals surface area contributed by atoms with Crippen LogP contribution in [-0.4, -0.2) is 55.5 Å². The zero-order valence-electron chi connectivity index (χ0n) is 17.7. The number of hydrogen-bond donors (Lipinski definition) is 2. The van der Waals surface area contributed by atoms with Gasteiger partial charge in [-0.2, -0.15) is 0 Å². The predicted octanol–water partition coefficient (Wildman–Crippen LogP) is 3.09. The van der Waals surface area contributed by atoms with Crippen molar-refractivity contribution < 1.29 is 23.9 Å². The summed E-state index contributed by atoms with van der Waals surface area (Å²) in [4.78, 5) is 37.9. The van der Waals surface area contributed by atoms with Crippen molar-refractivity contribution in [2.24, 2.45) is 0 Å². The zero-order valence-corrected chi connectivity index (χ0v) is 17.7. The molecule has 1 heterocycles. The molecule has 1 aliphatic rings. The molecule has 164 valence electrons. The summed E-state index contributed by atoms with van der Waals surface area (Å²) in [5, 5.41) is 5.75. The number of piperidine rings is 1. The number of nitrogens with one attached hydrogen (secondary N) is 2. The van der Waals surface area contributed by atoms with Crippen LogP contribution in [0.25, 0.3) is 0 Å². The maximum Gasteiger partial charge on any atom is 0.319 e. The molecular weight excluding hydrogens is 398 g/mol. The van der Waals surface area contributed by atoms with E-state index in [0.29, 0.717) is 43.0 Å². The van der Waals surface area contributed by atoms with Crippen LogP contribution in [0.1, 0.15) is 30.1 Å². The number of carbonyl (C=O) groups is 3. The Morgan fingerprint density at radius 2 is 1.74 bits per heavy atom. The first-order valence-corrected chi connectivity index (χ1v) is 10.2. The van der Waals surface area contributed by atoms with Gasteiger partial charge in [-0.1, -0.05) is 18.2 Å². The van der Waals surface area contributed by atoms with Gasteiger partial charge >= 0.3 is 6.03 Å². The first-order chi connectivity index (χ1) is 15.0. The van der Waals surface area contributed by atoms with Gasteiger partial charge < -0.3 is 25.0 Å². The molecular formula is C23H27N3O5. The molecule has 2 aromatic rings. The maximum atomic E-state index is 12.5. The van der Waals surface area contributed by atoms with Gasteiger partial charge in [0.1, 0.15) is 0 Å². The minimum Gasteiger partial charge on any atom is -0.493 e. The molecule has 8 heteroatoms. The van der Waals surface area contributed by atoms with Gasteiger partial charge in [0.05, 0.1) is 7.11 Å². The van der Waals surface area contributed by atoms with Crippen LogP contribution in [0.5, 0.6) is 11.5 Å². The highest BCUT2D eigenvalue weighted by atomic mass is 16.5. The lowest BCUT2D eigenvalue weighted by atomic mass is 10.1. The van der Waals surface area contributed by atoms with Crippen LogP contribution in [0.4, 0.5) is 10.5 Å². The summed E-state index contributed by atoms with van der Waals surface area (Å²) >= 11 is 0. The van der Waals surface area contributed by atoms with Crippen molar-refractivity contribution in [3.8, 4) is 11.5 Å². The summed E-state index contributed by atoms with van der Waals surface area (Å²) in [5.41, 5.74) is 1.25. The van der Waals surface area contributed by atoms with E-state index >= 15 is 0 Å². The van der Waals surface area contributed by atoms with Crippen molar-refractivity contribution in [3.05, 3.63) is 54.1 Å². The largest absolute Gasteiger partial charge is 0.493 e. The van der Waals surface area contributed by atoms with Crippen LogP contribution >= 0.6 is 0 Å². The van der Waals surface area contributed by atoms with E-state index in [1.54, 1.807) is 23.1 Å². The number of benzene rings is 2. The number of hydrogen-bond acceptors (Lipinski definition) is 5. The molecule has 0 spiro atoms. The molecule has 2 N–H and O–H groups in total. The second kappa shape index (κ2) is 10.5. The topological polar surface area (TPSA) is 97.0 Å². The summed E-state index contributed by atoms with van der Waals surface area (Å²) in [6.07, 6.45) is 1.34. The Morgan fingerprint density at radius 3 is 2.39 bits per heavy atom. The van der Waals surface area contributed by atoms with E-state index < -0.39 is 0 Å². The fourth-order valence-electron chi connectivity index (χ4n) is 3.38. The molecule has 1 aliphatic heterocycles. The molecule has 3 rings (SSSR count). The molecule has 31 heavy (non-hydrogen) atoms. The Kier molecular flexibility index (Phi) is 7.48. The molecule has 0 bridgehead atoms. The molecule has 0 aromatic heterocycles. The van der Waals surface area contributed by atoms with Gasteiger partial charge in [-0.25, -0.2) is 4.79 Å². The summed E-state index contributed by atoms with van der Waals surface area (Å²) in [6, 6.07) is 13.9. The molecule has 2 aromatic carbocycles.